The van der Waals surface area contributed by atoms with Crippen molar-refractivity contribution in [2.75, 3.05) is 32.0 Å². The van der Waals surface area contributed by atoms with Gasteiger partial charge in [-0.3, -0.25) is 4.79 Å². The molecular weight excluding hydrogens is 268 g/mol. The average molecular weight is 290 g/mol. The standard InChI is InChI=1S/C16H22N2O3/c1-12(2)21-15-5-3-13(11-14(15)17)4-6-16(19)18-7-9-20-10-8-18/h3-6,11-12H,7-10,17H2,1-2H3/b6-4-. The SMILES string of the molecule is CC(C)Oc1ccc(/C=C\C(=O)N2CCOCC2)cc1N. The second-order valence-electron chi connectivity index (χ2n) is 5.23. The number of nitrogens with two attached hydrogens (primary N) is 1. The normalized spacial score (nSPS) is 15.7. The summed E-state index contributed by atoms with van der Waals surface area (Å²) in [6, 6.07) is 5.52. The topological polar surface area (TPSA) is 64.8 Å². The number of nitrogen functional groups attached to an aromatic ring is 1. The lowest BCUT2D eigenvalue weighted by Crippen LogP contribution is -2.39. The summed E-state index contributed by atoms with van der Waals surface area (Å²) in [4.78, 5) is 13.8. The quantitative estimate of drug-likeness (QED) is 0.680. The van der Waals surface area contributed by atoms with Crippen molar-refractivity contribution in [3.05, 3.63) is 29.8 Å². The first-order chi connectivity index (χ1) is 10.1. The Bertz CT molecular complexity index is 520. The Morgan fingerprint density at radius 3 is 2.71 bits per heavy atom. The molecule has 114 valence electrons. The smallest absolute Gasteiger partial charge is 0.246 e. The first-order valence-corrected chi connectivity index (χ1v) is 7.17. The number of amides is 1. The molecule has 5 nitrogen and oxygen atoms in total. The number of rotatable bonds is 4. The van der Waals surface area contributed by atoms with Crippen molar-refractivity contribution in [3.8, 4) is 5.75 Å². The number of benzene rings is 1. The van der Waals surface area contributed by atoms with Crippen molar-refractivity contribution in [1.82, 2.24) is 4.90 Å². The Kier molecular flexibility index (Phi) is 5.22. The van der Waals surface area contributed by atoms with Gasteiger partial charge in [0.05, 0.1) is 25.0 Å². The molecule has 1 saturated heterocycles. The maximum atomic E-state index is 12.0. The summed E-state index contributed by atoms with van der Waals surface area (Å²) in [6.07, 6.45) is 3.42. The number of nitrogens with zero attached hydrogens (tertiary/aromatic N) is 1. The first-order valence-electron chi connectivity index (χ1n) is 7.17. The van der Waals surface area contributed by atoms with Crippen LogP contribution in [0.1, 0.15) is 19.4 Å². The van der Waals surface area contributed by atoms with Crippen LogP contribution in [0.15, 0.2) is 24.3 Å². The molecule has 1 heterocycles. The second-order valence-corrected chi connectivity index (χ2v) is 5.23. The fourth-order valence-corrected chi connectivity index (χ4v) is 2.09. The van der Waals surface area contributed by atoms with Crippen LogP contribution in [-0.4, -0.2) is 43.2 Å². The van der Waals surface area contributed by atoms with Crippen molar-refractivity contribution in [2.45, 2.75) is 20.0 Å². The minimum atomic E-state index is -0.000576. The van der Waals surface area contributed by atoms with Gasteiger partial charge in [-0.25, -0.2) is 0 Å². The molecule has 0 aromatic heterocycles. The Morgan fingerprint density at radius 2 is 2.10 bits per heavy atom. The molecule has 0 aliphatic carbocycles. The van der Waals surface area contributed by atoms with Gasteiger partial charge in [0.25, 0.3) is 0 Å². The predicted molar refractivity (Wildman–Crippen MR) is 83.1 cm³/mol. The molecule has 21 heavy (non-hydrogen) atoms. The molecule has 1 fully saturated rings. The average Bonchev–Trinajstić information content (AvgIpc) is 2.48. The van der Waals surface area contributed by atoms with Gasteiger partial charge in [0.15, 0.2) is 0 Å². The van der Waals surface area contributed by atoms with Gasteiger partial charge in [0.1, 0.15) is 5.75 Å². The van der Waals surface area contributed by atoms with Crippen LogP contribution in [-0.2, 0) is 9.53 Å². The number of morpholine rings is 1. The number of ether oxygens (including phenoxy) is 2. The van der Waals surface area contributed by atoms with Gasteiger partial charge in [-0.15, -0.1) is 0 Å². The lowest BCUT2D eigenvalue weighted by atomic mass is 10.1. The van der Waals surface area contributed by atoms with Gasteiger partial charge in [-0.2, -0.15) is 0 Å². The highest BCUT2D eigenvalue weighted by Gasteiger charge is 2.13. The summed E-state index contributed by atoms with van der Waals surface area (Å²) in [5.74, 6) is 0.668. The predicted octanol–water partition coefficient (Wildman–Crippen LogP) is 1.93. The monoisotopic (exact) mass is 290 g/mol. The van der Waals surface area contributed by atoms with Crippen molar-refractivity contribution >= 4 is 17.7 Å². The summed E-state index contributed by atoms with van der Waals surface area (Å²) in [6.45, 7) is 6.41. The third-order valence-corrected chi connectivity index (χ3v) is 3.14. The number of carbonyl (C=O) groups excluding carboxylic acids is 1. The number of carbonyl (C=O) groups is 1. The maximum Gasteiger partial charge on any atom is 0.246 e. The van der Waals surface area contributed by atoms with E-state index in [-0.39, 0.29) is 12.0 Å². The van der Waals surface area contributed by atoms with E-state index in [1.807, 2.05) is 26.0 Å². The molecule has 1 aromatic rings. The van der Waals surface area contributed by atoms with Gasteiger partial charge in [0.2, 0.25) is 5.91 Å². The summed E-state index contributed by atoms with van der Waals surface area (Å²) in [5.41, 5.74) is 7.40. The van der Waals surface area contributed by atoms with Crippen LogP contribution in [0, 0.1) is 0 Å². The van der Waals surface area contributed by atoms with Crippen LogP contribution < -0.4 is 10.5 Å². The number of hydrogen-bond donors (Lipinski definition) is 1. The van der Waals surface area contributed by atoms with E-state index >= 15 is 0 Å². The number of anilines is 1. The van der Waals surface area contributed by atoms with Crippen LogP contribution in [0.25, 0.3) is 6.08 Å². The van der Waals surface area contributed by atoms with Crippen LogP contribution in [0.5, 0.6) is 5.75 Å². The van der Waals surface area contributed by atoms with E-state index < -0.39 is 0 Å². The molecule has 0 unspecified atom stereocenters. The second kappa shape index (κ2) is 7.13. The third-order valence-electron chi connectivity index (χ3n) is 3.14. The van der Waals surface area contributed by atoms with E-state index in [1.165, 1.54) is 0 Å². The van der Waals surface area contributed by atoms with E-state index in [1.54, 1.807) is 23.1 Å². The Morgan fingerprint density at radius 1 is 1.38 bits per heavy atom. The van der Waals surface area contributed by atoms with Crippen molar-refractivity contribution < 1.29 is 14.3 Å². The van der Waals surface area contributed by atoms with Gasteiger partial charge in [0, 0.05) is 19.2 Å². The summed E-state index contributed by atoms with van der Waals surface area (Å²) < 4.78 is 10.8. The molecule has 0 atom stereocenters. The Hall–Kier alpha value is -2.01. The van der Waals surface area contributed by atoms with E-state index in [0.29, 0.717) is 37.7 Å². The summed E-state index contributed by atoms with van der Waals surface area (Å²) >= 11 is 0. The Balaban J connectivity index is 2.00. The lowest BCUT2D eigenvalue weighted by molar-refractivity contribution is -0.129. The zero-order valence-electron chi connectivity index (χ0n) is 12.5. The van der Waals surface area contributed by atoms with Crippen LogP contribution in [0.4, 0.5) is 5.69 Å². The van der Waals surface area contributed by atoms with E-state index in [9.17, 15) is 4.79 Å². The molecule has 1 aromatic carbocycles. The maximum absolute atomic E-state index is 12.0. The van der Waals surface area contributed by atoms with Gasteiger partial charge < -0.3 is 20.1 Å². The highest BCUT2D eigenvalue weighted by molar-refractivity contribution is 5.92. The molecule has 0 saturated carbocycles. The van der Waals surface area contributed by atoms with E-state index in [4.69, 9.17) is 15.2 Å². The minimum absolute atomic E-state index is 0.000576. The lowest BCUT2D eigenvalue weighted by Gasteiger charge is -2.25. The van der Waals surface area contributed by atoms with Crippen LogP contribution in [0.2, 0.25) is 0 Å². The van der Waals surface area contributed by atoms with Crippen LogP contribution >= 0.6 is 0 Å². The molecular formula is C16H22N2O3. The zero-order valence-corrected chi connectivity index (χ0v) is 12.5. The van der Waals surface area contributed by atoms with Crippen LogP contribution in [0.3, 0.4) is 0 Å². The van der Waals surface area contributed by atoms with Crippen molar-refractivity contribution in [2.24, 2.45) is 0 Å². The molecule has 1 aliphatic rings. The van der Waals surface area contributed by atoms with Crippen molar-refractivity contribution in [1.29, 1.82) is 0 Å². The van der Waals surface area contributed by atoms with Gasteiger partial charge in [-0.1, -0.05) is 6.07 Å². The molecule has 0 radical (unpaired) electrons. The highest BCUT2D eigenvalue weighted by atomic mass is 16.5. The Labute approximate surface area is 125 Å². The number of hydrogen-bond acceptors (Lipinski definition) is 4. The van der Waals surface area contributed by atoms with E-state index in [2.05, 4.69) is 0 Å². The molecule has 5 heteroatoms. The summed E-state index contributed by atoms with van der Waals surface area (Å²) in [5, 5.41) is 0. The molecule has 1 amide bonds. The summed E-state index contributed by atoms with van der Waals surface area (Å²) in [7, 11) is 0. The molecule has 1 aliphatic heterocycles. The fourth-order valence-electron chi connectivity index (χ4n) is 2.09. The molecule has 0 spiro atoms. The molecule has 2 rings (SSSR count). The third kappa shape index (κ3) is 4.49. The van der Waals surface area contributed by atoms with Gasteiger partial charge >= 0.3 is 0 Å². The zero-order chi connectivity index (χ0) is 15.2. The van der Waals surface area contributed by atoms with Crippen molar-refractivity contribution in [3.63, 3.8) is 0 Å². The molecule has 2 N–H and O–H groups in total. The van der Waals surface area contributed by atoms with E-state index in [0.717, 1.165) is 5.56 Å². The largest absolute Gasteiger partial charge is 0.489 e. The minimum Gasteiger partial charge on any atom is -0.489 e. The fraction of sp³-hybridized carbons (Fsp3) is 0.438. The first kappa shape index (κ1) is 15.4. The molecule has 0 bridgehead atoms. The van der Waals surface area contributed by atoms with Gasteiger partial charge in [-0.05, 0) is 37.6 Å². The highest BCUT2D eigenvalue weighted by Crippen LogP contribution is 2.24.